The lowest BCUT2D eigenvalue weighted by atomic mass is 10.0. The van der Waals surface area contributed by atoms with Crippen LogP contribution in [0, 0.1) is 13.8 Å². The number of aryl methyl sites for hydroxylation is 2. The highest BCUT2D eigenvalue weighted by atomic mass is 16.3. The molecule has 2 aromatic heterocycles. The molecule has 1 aromatic carbocycles. The molecule has 0 bridgehead atoms. The highest BCUT2D eigenvalue weighted by molar-refractivity contribution is 5.99. The molecule has 5 nitrogen and oxygen atoms in total. The predicted molar refractivity (Wildman–Crippen MR) is 87.5 cm³/mol. The van der Waals surface area contributed by atoms with Crippen LogP contribution in [0.15, 0.2) is 34.9 Å². The maximum absolute atomic E-state index is 12.8. The fourth-order valence-electron chi connectivity index (χ4n) is 3.47. The van der Waals surface area contributed by atoms with Crippen LogP contribution in [0.5, 0.6) is 0 Å². The number of hydrogen-bond acceptors (Lipinski definition) is 3. The van der Waals surface area contributed by atoms with E-state index in [1.165, 1.54) is 0 Å². The molecule has 1 atom stereocenters. The number of benzene rings is 1. The minimum Gasteiger partial charge on any atom is -0.451 e. The summed E-state index contributed by atoms with van der Waals surface area (Å²) in [6.07, 6.45) is 2.79. The SMILES string of the molecule is Cc1cn[nH]c1[C@H]1CCN(C(=O)c2oc3ccccc3c2C)C1. The van der Waals surface area contributed by atoms with Crippen LogP contribution >= 0.6 is 0 Å². The molecule has 118 valence electrons. The molecule has 0 saturated carbocycles. The number of para-hydroxylation sites is 1. The van der Waals surface area contributed by atoms with Crippen LogP contribution in [0.1, 0.15) is 39.7 Å². The lowest BCUT2D eigenvalue weighted by molar-refractivity contribution is 0.0760. The molecule has 5 heteroatoms. The third-order valence-electron chi connectivity index (χ3n) is 4.79. The maximum atomic E-state index is 12.8. The first kappa shape index (κ1) is 14.1. The minimum atomic E-state index is -0.0154. The van der Waals surface area contributed by atoms with Crippen molar-refractivity contribution in [3.63, 3.8) is 0 Å². The van der Waals surface area contributed by atoms with Crippen LogP contribution in [-0.2, 0) is 0 Å². The van der Waals surface area contributed by atoms with Gasteiger partial charge in [-0.2, -0.15) is 5.10 Å². The summed E-state index contributed by atoms with van der Waals surface area (Å²) in [6.45, 7) is 5.45. The molecule has 1 aliphatic heterocycles. The number of aromatic amines is 1. The quantitative estimate of drug-likeness (QED) is 0.789. The Morgan fingerprint density at radius 3 is 2.91 bits per heavy atom. The number of H-pyrrole nitrogens is 1. The van der Waals surface area contributed by atoms with Gasteiger partial charge in [0.25, 0.3) is 5.91 Å². The molecule has 3 aromatic rings. The van der Waals surface area contributed by atoms with Crippen LogP contribution in [0.4, 0.5) is 0 Å². The zero-order chi connectivity index (χ0) is 16.0. The third-order valence-corrected chi connectivity index (χ3v) is 4.79. The van der Waals surface area contributed by atoms with Crippen molar-refractivity contribution in [2.45, 2.75) is 26.2 Å². The van der Waals surface area contributed by atoms with E-state index in [2.05, 4.69) is 10.2 Å². The standard InChI is InChI=1S/C18H19N3O2/c1-11-9-19-20-16(11)13-7-8-21(10-13)18(22)17-12(2)14-5-3-4-6-15(14)23-17/h3-6,9,13H,7-8,10H2,1-2H3,(H,19,20)/t13-/m0/s1. The number of hydrogen-bond donors (Lipinski definition) is 1. The molecule has 1 fully saturated rings. The number of carbonyl (C=O) groups excluding carboxylic acids is 1. The Hall–Kier alpha value is -2.56. The summed E-state index contributed by atoms with van der Waals surface area (Å²) in [5.41, 5.74) is 3.99. The van der Waals surface area contributed by atoms with Crippen molar-refractivity contribution in [2.75, 3.05) is 13.1 Å². The Balaban J connectivity index is 1.60. The van der Waals surface area contributed by atoms with Crippen LogP contribution < -0.4 is 0 Å². The van der Waals surface area contributed by atoms with Gasteiger partial charge in [-0.25, -0.2) is 0 Å². The summed E-state index contributed by atoms with van der Waals surface area (Å²) >= 11 is 0. The zero-order valence-electron chi connectivity index (χ0n) is 13.3. The molecular formula is C18H19N3O2. The second kappa shape index (κ2) is 5.26. The molecule has 4 rings (SSSR count). The molecule has 3 heterocycles. The molecule has 1 N–H and O–H groups in total. The molecule has 1 amide bonds. The topological polar surface area (TPSA) is 62.1 Å². The first-order valence-corrected chi connectivity index (χ1v) is 7.92. The van der Waals surface area contributed by atoms with Crippen molar-refractivity contribution < 1.29 is 9.21 Å². The molecule has 1 saturated heterocycles. The van der Waals surface area contributed by atoms with Gasteiger partial charge in [0.2, 0.25) is 0 Å². The first-order chi connectivity index (χ1) is 11.1. The molecule has 23 heavy (non-hydrogen) atoms. The van der Waals surface area contributed by atoms with Gasteiger partial charge in [-0.15, -0.1) is 0 Å². The maximum Gasteiger partial charge on any atom is 0.289 e. The van der Waals surface area contributed by atoms with Crippen molar-refractivity contribution in [3.8, 4) is 0 Å². The van der Waals surface area contributed by atoms with Gasteiger partial charge in [-0.3, -0.25) is 9.89 Å². The minimum absolute atomic E-state index is 0.0154. The van der Waals surface area contributed by atoms with Gasteiger partial charge < -0.3 is 9.32 Å². The van der Waals surface area contributed by atoms with E-state index in [9.17, 15) is 4.79 Å². The fraction of sp³-hybridized carbons (Fsp3) is 0.333. The van der Waals surface area contributed by atoms with Crippen molar-refractivity contribution in [2.24, 2.45) is 0 Å². The van der Waals surface area contributed by atoms with Gasteiger partial charge in [0.1, 0.15) is 5.58 Å². The summed E-state index contributed by atoms with van der Waals surface area (Å²) in [5.74, 6) is 0.776. The van der Waals surface area contributed by atoms with E-state index in [-0.39, 0.29) is 5.91 Å². The summed E-state index contributed by atoms with van der Waals surface area (Å²) in [6, 6.07) is 7.78. The molecule has 0 spiro atoms. The van der Waals surface area contributed by atoms with Gasteiger partial charge in [0.05, 0.1) is 6.20 Å². The predicted octanol–water partition coefficient (Wildman–Crippen LogP) is 3.40. The monoisotopic (exact) mass is 309 g/mol. The van der Waals surface area contributed by atoms with E-state index in [4.69, 9.17) is 4.42 Å². The number of fused-ring (bicyclic) bond motifs is 1. The van der Waals surface area contributed by atoms with Crippen molar-refractivity contribution in [1.29, 1.82) is 0 Å². The number of rotatable bonds is 2. The molecule has 0 radical (unpaired) electrons. The number of carbonyl (C=O) groups is 1. The van der Waals surface area contributed by atoms with E-state index in [0.717, 1.165) is 40.8 Å². The molecule has 0 aliphatic carbocycles. The number of furan rings is 1. The van der Waals surface area contributed by atoms with Crippen LogP contribution in [0.2, 0.25) is 0 Å². The normalized spacial score (nSPS) is 18.0. The number of nitrogens with one attached hydrogen (secondary N) is 1. The van der Waals surface area contributed by atoms with Crippen LogP contribution in [-0.4, -0.2) is 34.1 Å². The Labute approximate surface area is 134 Å². The Morgan fingerprint density at radius 1 is 1.35 bits per heavy atom. The van der Waals surface area contributed by atoms with E-state index in [0.29, 0.717) is 18.2 Å². The number of nitrogens with zero attached hydrogens (tertiary/aromatic N) is 2. The molecule has 0 unspecified atom stereocenters. The average molecular weight is 309 g/mol. The Morgan fingerprint density at radius 2 is 2.17 bits per heavy atom. The average Bonchev–Trinajstić information content (AvgIpc) is 3.26. The van der Waals surface area contributed by atoms with Crippen LogP contribution in [0.3, 0.4) is 0 Å². The van der Waals surface area contributed by atoms with Crippen molar-refractivity contribution in [3.05, 3.63) is 53.0 Å². The molecule has 1 aliphatic rings. The lowest BCUT2D eigenvalue weighted by Crippen LogP contribution is -2.28. The second-order valence-electron chi connectivity index (χ2n) is 6.26. The number of likely N-dealkylation sites (tertiary alicyclic amines) is 1. The third kappa shape index (κ3) is 2.23. The van der Waals surface area contributed by atoms with Gasteiger partial charge in [-0.05, 0) is 31.9 Å². The highest BCUT2D eigenvalue weighted by Crippen LogP contribution is 2.31. The summed E-state index contributed by atoms with van der Waals surface area (Å²) in [7, 11) is 0. The van der Waals surface area contributed by atoms with Gasteiger partial charge in [0.15, 0.2) is 5.76 Å². The van der Waals surface area contributed by atoms with E-state index < -0.39 is 0 Å². The summed E-state index contributed by atoms with van der Waals surface area (Å²) < 4.78 is 5.81. The number of aromatic nitrogens is 2. The zero-order valence-corrected chi connectivity index (χ0v) is 13.3. The second-order valence-corrected chi connectivity index (χ2v) is 6.26. The van der Waals surface area contributed by atoms with E-state index in [1.807, 2.05) is 49.2 Å². The van der Waals surface area contributed by atoms with E-state index in [1.54, 1.807) is 0 Å². The number of amides is 1. The Bertz CT molecular complexity index is 877. The van der Waals surface area contributed by atoms with Gasteiger partial charge in [-0.1, -0.05) is 18.2 Å². The van der Waals surface area contributed by atoms with Crippen LogP contribution in [0.25, 0.3) is 11.0 Å². The van der Waals surface area contributed by atoms with Gasteiger partial charge >= 0.3 is 0 Å². The largest absolute Gasteiger partial charge is 0.451 e. The van der Waals surface area contributed by atoms with Crippen molar-refractivity contribution in [1.82, 2.24) is 15.1 Å². The van der Waals surface area contributed by atoms with Gasteiger partial charge in [0, 0.05) is 35.7 Å². The highest BCUT2D eigenvalue weighted by Gasteiger charge is 2.32. The lowest BCUT2D eigenvalue weighted by Gasteiger charge is -2.15. The smallest absolute Gasteiger partial charge is 0.289 e. The van der Waals surface area contributed by atoms with Crippen molar-refractivity contribution >= 4 is 16.9 Å². The Kier molecular flexibility index (Phi) is 3.22. The summed E-state index contributed by atoms with van der Waals surface area (Å²) in [4.78, 5) is 14.7. The van der Waals surface area contributed by atoms with E-state index >= 15 is 0 Å². The summed E-state index contributed by atoms with van der Waals surface area (Å²) in [5, 5.41) is 8.17. The molecular weight excluding hydrogens is 290 g/mol. The fourth-order valence-corrected chi connectivity index (χ4v) is 3.47. The first-order valence-electron chi connectivity index (χ1n) is 7.92.